The lowest BCUT2D eigenvalue weighted by molar-refractivity contribution is -0.155. The third-order valence-electron chi connectivity index (χ3n) is 7.99. The van der Waals surface area contributed by atoms with Gasteiger partial charge in [0.15, 0.2) is 6.10 Å². The van der Waals surface area contributed by atoms with E-state index in [1.165, 1.54) is 0 Å². The van der Waals surface area contributed by atoms with E-state index in [1.807, 2.05) is 24.3 Å². The summed E-state index contributed by atoms with van der Waals surface area (Å²) in [6.07, 6.45) is 6.60. The average molecular weight is 599 g/mol. The fourth-order valence-electron chi connectivity index (χ4n) is 5.43. The number of anilines is 2. The molecule has 2 aliphatic rings. The number of aromatic nitrogens is 2. The number of ether oxygens (including phenoxy) is 3. The van der Waals surface area contributed by atoms with Crippen molar-refractivity contribution < 1.29 is 19.0 Å². The van der Waals surface area contributed by atoms with Crippen LogP contribution in [0.15, 0.2) is 30.5 Å². The Hall–Kier alpha value is -2.97. The second-order valence-corrected chi connectivity index (χ2v) is 11.7. The van der Waals surface area contributed by atoms with E-state index in [1.54, 1.807) is 20.0 Å². The van der Waals surface area contributed by atoms with E-state index in [4.69, 9.17) is 30.8 Å². The second kappa shape index (κ2) is 15.5. The van der Waals surface area contributed by atoms with E-state index in [-0.39, 0.29) is 12.0 Å². The molecule has 1 aliphatic heterocycles. The van der Waals surface area contributed by atoms with E-state index >= 15 is 0 Å². The number of rotatable bonds is 13. The summed E-state index contributed by atoms with van der Waals surface area (Å²) in [5.74, 6) is 1.15. The minimum absolute atomic E-state index is 0.136. The van der Waals surface area contributed by atoms with E-state index in [9.17, 15) is 10.1 Å². The molecule has 0 unspecified atom stereocenters. The van der Waals surface area contributed by atoms with Gasteiger partial charge in [0, 0.05) is 49.6 Å². The Labute approximate surface area is 253 Å². The number of nitrogens with zero attached hydrogens (tertiary/aromatic N) is 3. The summed E-state index contributed by atoms with van der Waals surface area (Å²) in [5, 5.41) is 20.9. The van der Waals surface area contributed by atoms with Crippen LogP contribution in [-0.2, 0) is 19.0 Å². The Kier molecular flexibility index (Phi) is 11.8. The molecule has 2 aromatic rings. The maximum Gasteiger partial charge on any atom is 0.334 e. The van der Waals surface area contributed by atoms with E-state index in [0.29, 0.717) is 68.7 Å². The topological polar surface area (TPSA) is 130 Å². The molecule has 0 bridgehead atoms. The molecule has 0 spiro atoms. The number of hydrogen-bond donors (Lipinski definition) is 3. The van der Waals surface area contributed by atoms with Crippen molar-refractivity contribution in [1.82, 2.24) is 15.3 Å². The van der Waals surface area contributed by atoms with E-state index in [2.05, 4.69) is 33.9 Å². The lowest BCUT2D eigenvalue weighted by atomic mass is 9.82. The summed E-state index contributed by atoms with van der Waals surface area (Å²) in [7, 11) is 0. The summed E-state index contributed by atoms with van der Waals surface area (Å²) in [5.41, 5.74) is 1.11. The van der Waals surface area contributed by atoms with Crippen molar-refractivity contribution in [3.8, 4) is 17.3 Å². The van der Waals surface area contributed by atoms with Gasteiger partial charge in [0.1, 0.15) is 11.6 Å². The minimum atomic E-state index is -0.562. The molecule has 2 atom stereocenters. The van der Waals surface area contributed by atoms with Crippen LogP contribution in [0.25, 0.3) is 11.3 Å². The van der Waals surface area contributed by atoms with Gasteiger partial charge in [-0.3, -0.25) is 0 Å². The minimum Gasteiger partial charge on any atom is -0.464 e. The normalized spacial score (nSPS) is 21.5. The van der Waals surface area contributed by atoms with Crippen molar-refractivity contribution in [3.63, 3.8) is 0 Å². The highest BCUT2D eigenvalue weighted by molar-refractivity contribution is 6.33. The first-order chi connectivity index (χ1) is 20.3. The quantitative estimate of drug-likeness (QED) is 0.264. The van der Waals surface area contributed by atoms with Crippen LogP contribution in [0.1, 0.15) is 59.3 Å². The first-order valence-corrected chi connectivity index (χ1v) is 15.4. The molecule has 3 heterocycles. The lowest BCUT2D eigenvalue weighted by Crippen LogP contribution is -2.43. The second-order valence-electron chi connectivity index (χ2n) is 11.3. The van der Waals surface area contributed by atoms with Gasteiger partial charge in [0.05, 0.1) is 35.4 Å². The van der Waals surface area contributed by atoms with Gasteiger partial charge in [-0.1, -0.05) is 17.7 Å². The van der Waals surface area contributed by atoms with Crippen LogP contribution in [0.5, 0.6) is 0 Å². The molecule has 0 aromatic carbocycles. The molecule has 4 rings (SSSR count). The summed E-state index contributed by atoms with van der Waals surface area (Å²) in [4.78, 5) is 21.1. The highest BCUT2D eigenvalue weighted by atomic mass is 35.5. The molecular weight excluding hydrogens is 556 g/mol. The van der Waals surface area contributed by atoms with Gasteiger partial charge in [-0.15, -0.1) is 0 Å². The zero-order valence-electron chi connectivity index (χ0n) is 24.8. The van der Waals surface area contributed by atoms with Crippen LogP contribution in [-0.4, -0.2) is 73.1 Å². The molecule has 1 saturated heterocycles. The number of nitriles is 1. The highest BCUT2D eigenvalue weighted by Gasteiger charge is 2.32. The molecule has 0 amide bonds. The van der Waals surface area contributed by atoms with Gasteiger partial charge in [-0.25, -0.2) is 14.8 Å². The van der Waals surface area contributed by atoms with Crippen LogP contribution in [0.4, 0.5) is 11.6 Å². The summed E-state index contributed by atoms with van der Waals surface area (Å²) >= 11 is 6.56. The van der Waals surface area contributed by atoms with Gasteiger partial charge in [0.2, 0.25) is 0 Å². The van der Waals surface area contributed by atoms with E-state index < -0.39 is 11.5 Å². The zero-order chi connectivity index (χ0) is 30.0. The van der Waals surface area contributed by atoms with Crippen molar-refractivity contribution in [2.75, 3.05) is 43.6 Å². The number of carbonyl (C=O) groups excluding carboxylic acids is 1. The van der Waals surface area contributed by atoms with Crippen LogP contribution in [0.2, 0.25) is 5.02 Å². The maximum atomic E-state index is 11.8. The maximum absolute atomic E-state index is 11.8. The number of esters is 1. The first-order valence-electron chi connectivity index (χ1n) is 15.0. The molecule has 228 valence electrons. The molecule has 1 aliphatic carbocycles. The molecular formula is C31H43ClN6O4. The van der Waals surface area contributed by atoms with Crippen molar-refractivity contribution in [3.05, 3.63) is 35.5 Å². The van der Waals surface area contributed by atoms with Crippen molar-refractivity contribution in [1.29, 1.82) is 5.26 Å². The van der Waals surface area contributed by atoms with E-state index in [0.717, 1.165) is 42.8 Å². The zero-order valence-corrected chi connectivity index (χ0v) is 25.6. The number of nitrogens with one attached hydrogen (secondary N) is 3. The van der Waals surface area contributed by atoms with Gasteiger partial charge in [-0.05, 0) is 77.5 Å². The van der Waals surface area contributed by atoms with Gasteiger partial charge in [0.25, 0.3) is 0 Å². The molecule has 11 heteroatoms. The summed E-state index contributed by atoms with van der Waals surface area (Å²) in [6.45, 7) is 8.13. The molecule has 2 aromatic heterocycles. The SMILES string of the molecule is CCOC(=O)[C@H](C)OC[C@H](C)N[C@H]1CC[C@H](Nc2cc(-c3cccc(NCC4(C#N)CCOCC4)n3)c(Cl)cn2)CC1. The number of pyridine rings is 2. The molecule has 10 nitrogen and oxygen atoms in total. The third kappa shape index (κ3) is 9.01. The molecule has 42 heavy (non-hydrogen) atoms. The van der Waals surface area contributed by atoms with Gasteiger partial charge >= 0.3 is 5.97 Å². The van der Waals surface area contributed by atoms with Crippen LogP contribution in [0.3, 0.4) is 0 Å². The fraction of sp³-hybridized carbons (Fsp3) is 0.613. The Morgan fingerprint density at radius 3 is 2.64 bits per heavy atom. The van der Waals surface area contributed by atoms with Crippen molar-refractivity contribution in [2.24, 2.45) is 5.41 Å². The number of halogens is 1. The predicted octanol–water partition coefficient (Wildman–Crippen LogP) is 5.20. The Morgan fingerprint density at radius 2 is 1.93 bits per heavy atom. The smallest absolute Gasteiger partial charge is 0.334 e. The van der Waals surface area contributed by atoms with Crippen molar-refractivity contribution >= 4 is 29.2 Å². The first kappa shape index (κ1) is 32.0. The Balaban J connectivity index is 1.28. The summed E-state index contributed by atoms with van der Waals surface area (Å²) < 4.78 is 16.1. The third-order valence-corrected chi connectivity index (χ3v) is 8.29. The molecule has 3 N–H and O–H groups in total. The van der Waals surface area contributed by atoms with Crippen LogP contribution >= 0.6 is 11.6 Å². The molecule has 1 saturated carbocycles. The predicted molar refractivity (Wildman–Crippen MR) is 163 cm³/mol. The standard InChI is InChI=1S/C31H43ClN6O4/c1-4-41-30(39)22(3)42-18-21(2)36-23-8-10-24(11-9-23)37-29-16-25(26(32)17-34-29)27-6-5-7-28(38-27)35-20-31(19-33)12-14-40-15-13-31/h5-7,16-17,21-24,36H,4,8-15,18,20H2,1-3H3,(H,34,37)(H,35,38)/t21-,22-,23-,24-/m0/s1. The molecule has 2 fully saturated rings. The Morgan fingerprint density at radius 1 is 1.19 bits per heavy atom. The number of hydrogen-bond acceptors (Lipinski definition) is 10. The van der Waals surface area contributed by atoms with Crippen LogP contribution < -0.4 is 16.0 Å². The fourth-order valence-corrected chi connectivity index (χ4v) is 5.63. The monoisotopic (exact) mass is 598 g/mol. The van der Waals surface area contributed by atoms with Gasteiger partial charge < -0.3 is 30.2 Å². The summed E-state index contributed by atoms with van der Waals surface area (Å²) in [6, 6.07) is 11.1. The van der Waals surface area contributed by atoms with Gasteiger partial charge in [-0.2, -0.15) is 5.26 Å². The highest BCUT2D eigenvalue weighted by Crippen LogP contribution is 2.32. The lowest BCUT2D eigenvalue weighted by Gasteiger charge is -2.32. The van der Waals surface area contributed by atoms with Crippen LogP contribution in [0, 0.1) is 16.7 Å². The Bertz CT molecular complexity index is 1210. The number of carbonyl (C=O) groups is 1. The van der Waals surface area contributed by atoms with Crippen molar-refractivity contribution in [2.45, 2.75) is 83.5 Å². The molecule has 0 radical (unpaired) electrons. The average Bonchev–Trinajstić information content (AvgIpc) is 3.01. The largest absolute Gasteiger partial charge is 0.464 e.